The number of allylic oxidation sites excluding steroid dienone is 5. The lowest BCUT2D eigenvalue weighted by Gasteiger charge is -2.45. The van der Waals surface area contributed by atoms with Gasteiger partial charge in [0, 0.05) is 52.6 Å². The third-order valence-corrected chi connectivity index (χ3v) is 6.68. The van der Waals surface area contributed by atoms with Crippen molar-refractivity contribution in [1.29, 1.82) is 0 Å². The minimum absolute atomic E-state index is 0.0724. The summed E-state index contributed by atoms with van der Waals surface area (Å²) in [5.74, 6) is 0.257. The van der Waals surface area contributed by atoms with Gasteiger partial charge in [-0.15, -0.1) is 0 Å². The molecule has 206 valence electrons. The summed E-state index contributed by atoms with van der Waals surface area (Å²) in [7, 11) is 6.22. The number of hydrazine groups is 2. The molecule has 4 unspecified atom stereocenters. The summed E-state index contributed by atoms with van der Waals surface area (Å²) >= 11 is 0. The number of hydrogen-bond acceptors (Lipinski definition) is 7. The maximum absolute atomic E-state index is 12.2. The average molecular weight is 505 g/mol. The van der Waals surface area contributed by atoms with Crippen molar-refractivity contribution in [1.82, 2.24) is 25.4 Å². The van der Waals surface area contributed by atoms with Crippen LogP contribution in [0.1, 0.15) is 53.9 Å². The Labute approximate surface area is 220 Å². The first kappa shape index (κ1) is 31.9. The molecule has 0 aromatic carbocycles. The SMILES string of the molecule is C/C=C/CC(C=C/C=C/CC)CN(C)CC(C)N(C)N(C)N1C(C(N)=O)=CNC1C(C)CCOCC. The average Bonchev–Trinajstić information content (AvgIpc) is 3.29. The smallest absolute Gasteiger partial charge is 0.268 e. The van der Waals surface area contributed by atoms with E-state index in [2.05, 4.69) is 93.5 Å². The summed E-state index contributed by atoms with van der Waals surface area (Å²) in [4.78, 5) is 14.6. The van der Waals surface area contributed by atoms with Crippen LogP contribution in [0.15, 0.2) is 48.4 Å². The fourth-order valence-corrected chi connectivity index (χ4v) is 4.39. The Hall–Kier alpha value is -2.13. The van der Waals surface area contributed by atoms with Crippen LogP contribution < -0.4 is 11.1 Å². The summed E-state index contributed by atoms with van der Waals surface area (Å²) in [5, 5.41) is 9.53. The van der Waals surface area contributed by atoms with Crippen LogP contribution in [0.2, 0.25) is 0 Å². The van der Waals surface area contributed by atoms with Crippen molar-refractivity contribution in [3.8, 4) is 0 Å². The lowest BCUT2D eigenvalue weighted by Crippen LogP contribution is -2.59. The highest BCUT2D eigenvalue weighted by Gasteiger charge is 2.37. The second kappa shape index (κ2) is 17.3. The number of likely N-dealkylation sites (N-methyl/N-ethyl adjacent to an activating group) is 2. The van der Waals surface area contributed by atoms with E-state index < -0.39 is 5.91 Å². The lowest BCUT2D eigenvalue weighted by molar-refractivity contribution is -0.180. The summed E-state index contributed by atoms with van der Waals surface area (Å²) in [6, 6.07) is 0.209. The van der Waals surface area contributed by atoms with E-state index in [1.54, 1.807) is 6.20 Å². The second-order valence-corrected chi connectivity index (χ2v) is 9.73. The first-order valence-corrected chi connectivity index (χ1v) is 13.4. The molecule has 0 saturated carbocycles. The Morgan fingerprint density at radius 3 is 2.53 bits per heavy atom. The molecule has 1 amide bonds. The molecule has 0 saturated heterocycles. The highest BCUT2D eigenvalue weighted by atomic mass is 16.5. The fraction of sp³-hybridized carbons (Fsp3) is 0.679. The zero-order valence-corrected chi connectivity index (χ0v) is 24.0. The zero-order valence-electron chi connectivity index (χ0n) is 24.0. The molecule has 0 radical (unpaired) electrons. The molecule has 8 nitrogen and oxygen atoms in total. The number of amides is 1. The summed E-state index contributed by atoms with van der Waals surface area (Å²) in [5.41, 5.74) is 6.20. The number of rotatable bonds is 18. The molecule has 0 spiro atoms. The van der Waals surface area contributed by atoms with Gasteiger partial charge in [0.15, 0.2) is 0 Å². The van der Waals surface area contributed by atoms with Crippen LogP contribution in [0.5, 0.6) is 0 Å². The first-order chi connectivity index (χ1) is 17.2. The molecule has 1 aliphatic rings. The second-order valence-electron chi connectivity index (χ2n) is 9.73. The largest absolute Gasteiger partial charge is 0.382 e. The molecule has 36 heavy (non-hydrogen) atoms. The number of ether oxygens (including phenoxy) is 1. The maximum atomic E-state index is 12.2. The van der Waals surface area contributed by atoms with Gasteiger partial charge in [-0.1, -0.05) is 50.3 Å². The number of nitrogens with two attached hydrogens (primary N) is 1. The molecule has 1 heterocycles. The first-order valence-electron chi connectivity index (χ1n) is 13.4. The van der Waals surface area contributed by atoms with Gasteiger partial charge in [-0.3, -0.25) is 9.80 Å². The van der Waals surface area contributed by atoms with Crippen LogP contribution in [0.4, 0.5) is 0 Å². The summed E-state index contributed by atoms with van der Waals surface area (Å²) in [6.07, 6.45) is 17.7. The monoisotopic (exact) mass is 504 g/mol. The molecular weight excluding hydrogens is 452 g/mol. The van der Waals surface area contributed by atoms with Crippen LogP contribution in [-0.4, -0.2) is 85.6 Å². The van der Waals surface area contributed by atoms with Crippen molar-refractivity contribution in [2.45, 2.75) is 66.1 Å². The van der Waals surface area contributed by atoms with Gasteiger partial charge in [-0.2, -0.15) is 5.12 Å². The number of carbonyl (C=O) groups excluding carboxylic acids is 1. The third kappa shape index (κ3) is 10.5. The van der Waals surface area contributed by atoms with Crippen LogP contribution >= 0.6 is 0 Å². The molecule has 1 rings (SSSR count). The maximum Gasteiger partial charge on any atom is 0.268 e. The van der Waals surface area contributed by atoms with E-state index in [1.807, 2.05) is 24.1 Å². The highest BCUT2D eigenvalue weighted by Crippen LogP contribution is 2.25. The van der Waals surface area contributed by atoms with E-state index in [4.69, 9.17) is 10.5 Å². The molecule has 1 aliphatic heterocycles. The van der Waals surface area contributed by atoms with Crippen LogP contribution in [0.3, 0.4) is 0 Å². The lowest BCUT2D eigenvalue weighted by atomic mass is 10.0. The van der Waals surface area contributed by atoms with Gasteiger partial charge in [0.25, 0.3) is 5.91 Å². The number of carbonyl (C=O) groups is 1. The molecule has 0 aromatic rings. The van der Waals surface area contributed by atoms with Crippen molar-refractivity contribution in [2.75, 3.05) is 47.4 Å². The van der Waals surface area contributed by atoms with Crippen LogP contribution in [0, 0.1) is 11.8 Å². The van der Waals surface area contributed by atoms with Crippen molar-refractivity contribution in [3.05, 3.63) is 48.4 Å². The third-order valence-electron chi connectivity index (χ3n) is 6.68. The molecule has 0 aliphatic carbocycles. The Morgan fingerprint density at radius 1 is 1.19 bits per heavy atom. The fourth-order valence-electron chi connectivity index (χ4n) is 4.39. The van der Waals surface area contributed by atoms with E-state index >= 15 is 0 Å². The molecule has 3 N–H and O–H groups in total. The summed E-state index contributed by atoms with van der Waals surface area (Å²) < 4.78 is 5.56. The summed E-state index contributed by atoms with van der Waals surface area (Å²) in [6.45, 7) is 13.8. The highest BCUT2D eigenvalue weighted by molar-refractivity contribution is 5.91. The van der Waals surface area contributed by atoms with Gasteiger partial charge in [0.2, 0.25) is 0 Å². The number of primary amides is 1. The van der Waals surface area contributed by atoms with Gasteiger partial charge in [0.1, 0.15) is 11.9 Å². The molecule has 0 fully saturated rings. The minimum Gasteiger partial charge on any atom is -0.382 e. The van der Waals surface area contributed by atoms with Gasteiger partial charge in [-0.05, 0) is 58.9 Å². The predicted molar refractivity (Wildman–Crippen MR) is 150 cm³/mol. The topological polar surface area (TPSA) is 77.3 Å². The standard InChI is InChI=1S/C28H52N6O2/c1-9-12-14-15-17-25(16-13-10-2)22-31(6)21-24(5)32(7)33(8)34-26(27(29)35)20-30-28(34)23(4)18-19-36-11-3/h10,12-15,17,20,23-25,28,30H,9,11,16,18-19,21-22H2,1-8H3,(H2,29,35)/b13-10+,14-12+,17-15?. The van der Waals surface area contributed by atoms with Crippen LogP contribution in [0.25, 0.3) is 0 Å². The molecule has 8 heteroatoms. The number of nitrogens with one attached hydrogen (secondary N) is 1. The van der Waals surface area contributed by atoms with Crippen molar-refractivity contribution in [2.24, 2.45) is 17.6 Å². The zero-order chi connectivity index (χ0) is 27.1. The van der Waals surface area contributed by atoms with E-state index in [1.165, 1.54) is 0 Å². The molecular formula is C28H52N6O2. The Morgan fingerprint density at radius 2 is 1.92 bits per heavy atom. The normalized spacial score (nSPS) is 19.2. The van der Waals surface area contributed by atoms with Crippen molar-refractivity contribution in [3.63, 3.8) is 0 Å². The van der Waals surface area contributed by atoms with Gasteiger partial charge in [0.05, 0.1) is 0 Å². The van der Waals surface area contributed by atoms with Crippen molar-refractivity contribution < 1.29 is 9.53 Å². The van der Waals surface area contributed by atoms with Gasteiger partial charge < -0.3 is 20.7 Å². The van der Waals surface area contributed by atoms with E-state index in [0.29, 0.717) is 24.8 Å². The Bertz CT molecular complexity index is 750. The van der Waals surface area contributed by atoms with Gasteiger partial charge in [-0.25, -0.2) is 5.01 Å². The Kier molecular flexibility index (Phi) is 15.4. The predicted octanol–water partition coefficient (Wildman–Crippen LogP) is 3.73. The number of nitrogens with zero attached hydrogens (tertiary/aromatic N) is 4. The van der Waals surface area contributed by atoms with E-state index in [9.17, 15) is 4.79 Å². The van der Waals surface area contributed by atoms with E-state index in [-0.39, 0.29) is 18.1 Å². The quantitative estimate of drug-likeness (QED) is 0.127. The van der Waals surface area contributed by atoms with Crippen molar-refractivity contribution >= 4 is 5.91 Å². The number of hydrogen-bond donors (Lipinski definition) is 2. The van der Waals surface area contributed by atoms with Crippen LogP contribution in [-0.2, 0) is 9.53 Å². The molecule has 4 atom stereocenters. The molecule has 0 aromatic heterocycles. The molecule has 0 bridgehead atoms. The Balaban J connectivity index is 2.85. The minimum atomic E-state index is -0.442. The van der Waals surface area contributed by atoms with Gasteiger partial charge >= 0.3 is 0 Å². The van der Waals surface area contributed by atoms with E-state index in [0.717, 1.165) is 32.4 Å².